The highest BCUT2D eigenvalue weighted by atomic mass is 32.2. The van der Waals surface area contributed by atoms with Crippen LogP contribution in [0.25, 0.3) is 17.0 Å². The fraction of sp³-hybridized carbons (Fsp3) is 0.0882. The van der Waals surface area contributed by atoms with Gasteiger partial charge in [0, 0.05) is 62.7 Å². The number of ether oxygens (including phenoxy) is 2. The van der Waals surface area contributed by atoms with E-state index in [1.165, 1.54) is 11.8 Å². The number of hydrogen-bond donors (Lipinski definition) is 4. The molecule has 0 atom stereocenters. The first kappa shape index (κ1) is 30.0. The van der Waals surface area contributed by atoms with E-state index in [2.05, 4.69) is 20.9 Å². The third-order valence-corrected chi connectivity index (χ3v) is 7.58. The lowest BCUT2D eigenvalue weighted by Gasteiger charge is -2.12. The SMILES string of the molecule is COc1cc(NC(=O)CSc2ccc(NC(=O)/C(=C/c3c[nH]c4ccccc34)NC(=O)c3ccccc3)cc2)cc(OC)c1. The van der Waals surface area contributed by atoms with E-state index in [-0.39, 0.29) is 17.4 Å². The first-order chi connectivity index (χ1) is 21.4. The Labute approximate surface area is 258 Å². The number of H-pyrrole nitrogens is 1. The van der Waals surface area contributed by atoms with Gasteiger partial charge < -0.3 is 30.4 Å². The molecule has 0 saturated heterocycles. The first-order valence-corrected chi connectivity index (χ1v) is 14.6. The van der Waals surface area contributed by atoms with Crippen molar-refractivity contribution in [2.75, 3.05) is 30.6 Å². The number of nitrogens with one attached hydrogen (secondary N) is 4. The van der Waals surface area contributed by atoms with Crippen molar-refractivity contribution in [3.8, 4) is 11.5 Å². The van der Waals surface area contributed by atoms with Gasteiger partial charge >= 0.3 is 0 Å². The number of aromatic amines is 1. The van der Waals surface area contributed by atoms with Crippen molar-refractivity contribution in [1.29, 1.82) is 0 Å². The molecule has 5 rings (SSSR count). The predicted molar refractivity (Wildman–Crippen MR) is 174 cm³/mol. The van der Waals surface area contributed by atoms with Gasteiger partial charge in [-0.05, 0) is 48.5 Å². The van der Waals surface area contributed by atoms with Crippen LogP contribution in [-0.2, 0) is 9.59 Å². The van der Waals surface area contributed by atoms with E-state index in [0.29, 0.717) is 28.4 Å². The lowest BCUT2D eigenvalue weighted by atomic mass is 10.1. The first-order valence-electron chi connectivity index (χ1n) is 13.6. The largest absolute Gasteiger partial charge is 0.497 e. The van der Waals surface area contributed by atoms with Crippen molar-refractivity contribution in [1.82, 2.24) is 10.3 Å². The van der Waals surface area contributed by atoms with Gasteiger partial charge in [0.25, 0.3) is 11.8 Å². The van der Waals surface area contributed by atoms with Crippen LogP contribution in [0.2, 0.25) is 0 Å². The van der Waals surface area contributed by atoms with Gasteiger partial charge in [-0.25, -0.2) is 0 Å². The Hall–Kier alpha value is -5.48. The van der Waals surface area contributed by atoms with E-state index >= 15 is 0 Å². The van der Waals surface area contributed by atoms with Crippen LogP contribution in [-0.4, -0.2) is 42.7 Å². The number of benzene rings is 4. The van der Waals surface area contributed by atoms with Gasteiger partial charge in [-0.1, -0.05) is 36.4 Å². The number of anilines is 2. The van der Waals surface area contributed by atoms with E-state index in [9.17, 15) is 14.4 Å². The van der Waals surface area contributed by atoms with Crippen LogP contribution in [0, 0.1) is 0 Å². The minimum atomic E-state index is -0.479. The predicted octanol–water partition coefficient (Wildman–Crippen LogP) is 6.33. The number of rotatable bonds is 11. The number of carbonyl (C=O) groups is 3. The van der Waals surface area contributed by atoms with Crippen LogP contribution < -0.4 is 25.4 Å². The molecule has 10 heteroatoms. The fourth-order valence-corrected chi connectivity index (χ4v) is 5.07. The molecule has 0 aliphatic carbocycles. The average molecular weight is 607 g/mol. The Morgan fingerprint density at radius 1 is 0.795 bits per heavy atom. The molecule has 4 aromatic carbocycles. The van der Waals surface area contributed by atoms with Gasteiger partial charge in [-0.2, -0.15) is 0 Å². The van der Waals surface area contributed by atoms with E-state index in [1.807, 2.05) is 42.5 Å². The molecule has 44 heavy (non-hydrogen) atoms. The fourth-order valence-electron chi connectivity index (χ4n) is 4.37. The quantitative estimate of drug-likeness (QED) is 0.103. The molecule has 9 nitrogen and oxygen atoms in total. The van der Waals surface area contributed by atoms with Crippen molar-refractivity contribution in [2.45, 2.75) is 4.90 Å². The van der Waals surface area contributed by atoms with Crippen molar-refractivity contribution in [3.05, 3.63) is 120 Å². The van der Waals surface area contributed by atoms with E-state index < -0.39 is 11.8 Å². The zero-order valence-corrected chi connectivity index (χ0v) is 24.9. The zero-order chi connectivity index (χ0) is 30.9. The summed E-state index contributed by atoms with van der Waals surface area (Å²) < 4.78 is 10.5. The Kier molecular flexibility index (Phi) is 9.63. The molecule has 0 aliphatic heterocycles. The second kappa shape index (κ2) is 14.1. The summed E-state index contributed by atoms with van der Waals surface area (Å²) >= 11 is 1.35. The maximum atomic E-state index is 13.4. The Morgan fingerprint density at radius 2 is 1.48 bits per heavy atom. The maximum absolute atomic E-state index is 13.4. The van der Waals surface area contributed by atoms with Crippen molar-refractivity contribution in [3.63, 3.8) is 0 Å². The highest BCUT2D eigenvalue weighted by Crippen LogP contribution is 2.27. The highest BCUT2D eigenvalue weighted by molar-refractivity contribution is 8.00. The molecule has 222 valence electrons. The van der Waals surface area contributed by atoms with Crippen LogP contribution >= 0.6 is 11.8 Å². The number of methoxy groups -OCH3 is 2. The lowest BCUT2D eigenvalue weighted by Crippen LogP contribution is -2.30. The van der Waals surface area contributed by atoms with Crippen molar-refractivity contribution in [2.24, 2.45) is 0 Å². The molecule has 4 N–H and O–H groups in total. The van der Waals surface area contributed by atoms with Gasteiger partial charge in [0.05, 0.1) is 20.0 Å². The second-order valence-corrected chi connectivity index (χ2v) is 10.6. The third-order valence-electron chi connectivity index (χ3n) is 6.57. The summed E-state index contributed by atoms with van der Waals surface area (Å²) in [5, 5.41) is 9.40. The smallest absolute Gasteiger partial charge is 0.272 e. The summed E-state index contributed by atoms with van der Waals surface area (Å²) in [6.07, 6.45) is 3.44. The molecule has 5 aromatic rings. The van der Waals surface area contributed by atoms with E-state index in [0.717, 1.165) is 21.4 Å². The number of carbonyl (C=O) groups excluding carboxylic acids is 3. The molecule has 1 aromatic heterocycles. The van der Waals surface area contributed by atoms with Crippen LogP contribution in [0.1, 0.15) is 15.9 Å². The number of para-hydroxylation sites is 1. The number of aromatic nitrogens is 1. The van der Waals surface area contributed by atoms with Gasteiger partial charge in [0.2, 0.25) is 5.91 Å². The van der Waals surface area contributed by atoms with Gasteiger partial charge in [0.15, 0.2) is 0 Å². The molecule has 0 spiro atoms. The minimum Gasteiger partial charge on any atom is -0.497 e. The molecule has 3 amide bonds. The summed E-state index contributed by atoms with van der Waals surface area (Å²) in [4.78, 5) is 43.0. The van der Waals surface area contributed by atoms with Crippen LogP contribution in [0.15, 0.2) is 114 Å². The Morgan fingerprint density at radius 3 is 2.18 bits per heavy atom. The van der Waals surface area contributed by atoms with Crippen molar-refractivity contribution < 1.29 is 23.9 Å². The van der Waals surface area contributed by atoms with Gasteiger partial charge in [-0.15, -0.1) is 11.8 Å². The number of amides is 3. The molecule has 0 radical (unpaired) electrons. The summed E-state index contributed by atoms with van der Waals surface area (Å²) in [6.45, 7) is 0. The lowest BCUT2D eigenvalue weighted by molar-refractivity contribution is -0.114. The van der Waals surface area contributed by atoms with Crippen molar-refractivity contribution >= 4 is 57.8 Å². The molecule has 0 fully saturated rings. The molecular formula is C34H30N4O5S. The normalized spacial score (nSPS) is 11.1. The second-order valence-electron chi connectivity index (χ2n) is 9.58. The number of thioether (sulfide) groups is 1. The van der Waals surface area contributed by atoms with Gasteiger partial charge in [-0.3, -0.25) is 14.4 Å². The van der Waals surface area contributed by atoms with E-state index in [1.54, 1.807) is 81.1 Å². The molecule has 0 aliphatic rings. The molecular weight excluding hydrogens is 576 g/mol. The Bertz CT molecular complexity index is 1790. The molecule has 0 unspecified atom stereocenters. The molecule has 0 saturated carbocycles. The topological polar surface area (TPSA) is 122 Å². The highest BCUT2D eigenvalue weighted by Gasteiger charge is 2.16. The molecule has 0 bridgehead atoms. The average Bonchev–Trinajstić information content (AvgIpc) is 3.46. The summed E-state index contributed by atoms with van der Waals surface area (Å²) in [5.41, 5.74) is 3.30. The summed E-state index contributed by atoms with van der Waals surface area (Å²) in [5.74, 6) is 0.253. The molecule has 1 heterocycles. The minimum absolute atomic E-state index is 0.0906. The number of hydrogen-bond acceptors (Lipinski definition) is 6. The van der Waals surface area contributed by atoms with E-state index in [4.69, 9.17) is 9.47 Å². The zero-order valence-electron chi connectivity index (χ0n) is 24.0. The van der Waals surface area contributed by atoms with Crippen LogP contribution in [0.5, 0.6) is 11.5 Å². The standard InChI is InChI=1S/C34H30N4O5S/c1-42-26-17-25(18-27(19-26)43-2)36-32(39)21-44-28-14-12-24(13-15-28)37-34(41)31(38-33(40)22-8-4-3-5-9-22)16-23-20-35-30-11-7-6-10-29(23)30/h3-20,35H,21H2,1-2H3,(H,36,39)(H,37,41)(H,38,40)/b31-16-. The summed E-state index contributed by atoms with van der Waals surface area (Å²) in [6, 6.07) is 28.7. The number of fused-ring (bicyclic) bond motifs is 1. The van der Waals surface area contributed by atoms with Crippen LogP contribution in [0.4, 0.5) is 11.4 Å². The monoisotopic (exact) mass is 606 g/mol. The Balaban J connectivity index is 1.25. The third kappa shape index (κ3) is 7.67. The maximum Gasteiger partial charge on any atom is 0.272 e. The van der Waals surface area contributed by atoms with Crippen LogP contribution in [0.3, 0.4) is 0 Å². The van der Waals surface area contributed by atoms with Gasteiger partial charge in [0.1, 0.15) is 17.2 Å². The summed E-state index contributed by atoms with van der Waals surface area (Å²) in [7, 11) is 3.09.